The summed E-state index contributed by atoms with van der Waals surface area (Å²) in [6.07, 6.45) is 2.97. The first-order valence-corrected chi connectivity index (χ1v) is 7.77. The molecule has 19 heavy (non-hydrogen) atoms. The first-order valence-electron chi connectivity index (χ1n) is 6.40. The molecule has 104 valence electrons. The number of thioether (sulfide) groups is 1. The number of nitrogens with one attached hydrogen (secondary N) is 1. The van der Waals surface area contributed by atoms with Crippen LogP contribution in [-0.4, -0.2) is 24.9 Å². The summed E-state index contributed by atoms with van der Waals surface area (Å²) in [6.45, 7) is 0.863. The molecule has 0 atom stereocenters. The van der Waals surface area contributed by atoms with Crippen LogP contribution >= 0.6 is 23.4 Å². The molecule has 0 spiro atoms. The molecule has 0 aliphatic heterocycles. The zero-order valence-corrected chi connectivity index (χ0v) is 12.5. The lowest BCUT2D eigenvalue weighted by Crippen LogP contribution is -2.15. The Morgan fingerprint density at radius 1 is 1.53 bits per heavy atom. The Bertz CT molecular complexity index is 449. The Morgan fingerprint density at radius 2 is 2.32 bits per heavy atom. The second kappa shape index (κ2) is 7.17. The van der Waals surface area contributed by atoms with Crippen molar-refractivity contribution in [1.29, 1.82) is 0 Å². The molecule has 1 saturated carbocycles. The molecular weight excluding hydrogens is 282 g/mol. The number of rotatable bonds is 7. The fraction of sp³-hybridized carbons (Fsp3) is 0.500. The number of halogens is 1. The lowest BCUT2D eigenvalue weighted by molar-refractivity contribution is -0.140. The van der Waals surface area contributed by atoms with Gasteiger partial charge < -0.3 is 10.1 Å². The number of methoxy groups -OCH3 is 1. The van der Waals surface area contributed by atoms with Crippen molar-refractivity contribution in [2.45, 2.75) is 36.7 Å². The smallest absolute Gasteiger partial charge is 0.306 e. The minimum Gasteiger partial charge on any atom is -0.469 e. The molecular formula is C14H18ClNO2S. The second-order valence-electron chi connectivity index (χ2n) is 4.58. The number of esters is 1. The van der Waals surface area contributed by atoms with E-state index in [1.807, 2.05) is 12.1 Å². The highest BCUT2D eigenvalue weighted by Gasteiger charge is 2.20. The normalized spacial score (nSPS) is 14.4. The van der Waals surface area contributed by atoms with Gasteiger partial charge in [-0.3, -0.25) is 4.79 Å². The summed E-state index contributed by atoms with van der Waals surface area (Å²) >= 11 is 7.69. The van der Waals surface area contributed by atoms with Gasteiger partial charge in [0.25, 0.3) is 0 Å². The zero-order valence-electron chi connectivity index (χ0n) is 10.9. The van der Waals surface area contributed by atoms with Crippen molar-refractivity contribution in [1.82, 2.24) is 5.32 Å². The van der Waals surface area contributed by atoms with E-state index in [-0.39, 0.29) is 5.97 Å². The van der Waals surface area contributed by atoms with Gasteiger partial charge in [-0.25, -0.2) is 0 Å². The van der Waals surface area contributed by atoms with Crippen LogP contribution in [0.5, 0.6) is 0 Å². The predicted molar refractivity (Wildman–Crippen MR) is 78.7 cm³/mol. The van der Waals surface area contributed by atoms with Gasteiger partial charge in [0, 0.05) is 28.3 Å². The lowest BCUT2D eigenvalue weighted by Gasteiger charge is -2.10. The minimum absolute atomic E-state index is 0.174. The summed E-state index contributed by atoms with van der Waals surface area (Å²) in [6, 6.07) is 6.62. The fourth-order valence-corrected chi connectivity index (χ4v) is 2.96. The van der Waals surface area contributed by atoms with Crippen LogP contribution in [0.3, 0.4) is 0 Å². The molecule has 0 unspecified atom stereocenters. The third-order valence-electron chi connectivity index (χ3n) is 2.98. The number of carbonyl (C=O) groups excluding carboxylic acids is 1. The van der Waals surface area contributed by atoms with Crippen LogP contribution in [0, 0.1) is 0 Å². The largest absolute Gasteiger partial charge is 0.469 e. The molecule has 0 bridgehead atoms. The van der Waals surface area contributed by atoms with Gasteiger partial charge in [0.15, 0.2) is 0 Å². The van der Waals surface area contributed by atoms with Crippen LogP contribution in [0.4, 0.5) is 0 Å². The van der Waals surface area contributed by atoms with Crippen molar-refractivity contribution in [3.05, 3.63) is 28.8 Å². The van der Waals surface area contributed by atoms with Gasteiger partial charge in [0.1, 0.15) is 0 Å². The maximum Gasteiger partial charge on any atom is 0.306 e. The van der Waals surface area contributed by atoms with Gasteiger partial charge in [0.2, 0.25) is 0 Å². The first-order chi connectivity index (χ1) is 9.19. The molecule has 1 aliphatic carbocycles. The number of hydrogen-bond donors (Lipinski definition) is 1. The summed E-state index contributed by atoms with van der Waals surface area (Å²) in [5.74, 6) is 0.538. The van der Waals surface area contributed by atoms with Crippen molar-refractivity contribution in [2.75, 3.05) is 12.9 Å². The summed E-state index contributed by atoms with van der Waals surface area (Å²) in [5.41, 5.74) is 1.24. The number of hydrogen-bond acceptors (Lipinski definition) is 4. The molecule has 1 aliphatic rings. The first kappa shape index (κ1) is 14.7. The van der Waals surface area contributed by atoms with Crippen LogP contribution in [0.2, 0.25) is 5.02 Å². The highest BCUT2D eigenvalue weighted by molar-refractivity contribution is 7.99. The Balaban J connectivity index is 1.91. The van der Waals surface area contributed by atoms with E-state index in [2.05, 4.69) is 16.1 Å². The Kier molecular flexibility index (Phi) is 5.55. The topological polar surface area (TPSA) is 38.3 Å². The zero-order chi connectivity index (χ0) is 13.7. The van der Waals surface area contributed by atoms with E-state index >= 15 is 0 Å². The molecule has 0 aromatic heterocycles. The maximum absolute atomic E-state index is 11.1. The van der Waals surface area contributed by atoms with Crippen LogP contribution in [-0.2, 0) is 16.1 Å². The number of carbonyl (C=O) groups is 1. The lowest BCUT2D eigenvalue weighted by atomic mass is 10.2. The monoisotopic (exact) mass is 299 g/mol. The van der Waals surface area contributed by atoms with E-state index in [0.29, 0.717) is 18.2 Å². The average molecular weight is 300 g/mol. The maximum atomic E-state index is 11.1. The quantitative estimate of drug-likeness (QED) is 0.619. The molecule has 0 saturated heterocycles. The molecule has 0 amide bonds. The van der Waals surface area contributed by atoms with E-state index < -0.39 is 0 Å². The Hall–Kier alpha value is -0.710. The Labute approximate surface area is 123 Å². The van der Waals surface area contributed by atoms with E-state index in [4.69, 9.17) is 11.6 Å². The molecule has 1 fully saturated rings. The SMILES string of the molecule is COC(=O)CCSc1cc(Cl)ccc1CNC1CC1. The molecule has 1 N–H and O–H groups in total. The fourth-order valence-electron chi connectivity index (χ4n) is 1.70. The number of ether oxygens (including phenoxy) is 1. The molecule has 0 radical (unpaired) electrons. The van der Waals surface area contributed by atoms with E-state index in [1.54, 1.807) is 11.8 Å². The van der Waals surface area contributed by atoms with Gasteiger partial charge in [-0.1, -0.05) is 17.7 Å². The molecule has 3 nitrogen and oxygen atoms in total. The minimum atomic E-state index is -0.174. The Morgan fingerprint density at radius 3 is 3.00 bits per heavy atom. The third-order valence-corrected chi connectivity index (χ3v) is 4.31. The highest BCUT2D eigenvalue weighted by atomic mass is 35.5. The standard InChI is InChI=1S/C14H18ClNO2S/c1-18-14(17)6-7-19-13-8-11(15)3-2-10(13)9-16-12-4-5-12/h2-3,8,12,16H,4-7,9H2,1H3. The molecule has 2 rings (SSSR count). The van der Waals surface area contributed by atoms with Crippen molar-refractivity contribution in [3.63, 3.8) is 0 Å². The molecule has 1 aromatic carbocycles. The van der Waals surface area contributed by atoms with Gasteiger partial charge in [0.05, 0.1) is 13.5 Å². The summed E-state index contributed by atoms with van der Waals surface area (Å²) in [7, 11) is 1.41. The van der Waals surface area contributed by atoms with Crippen LogP contribution < -0.4 is 5.32 Å². The van der Waals surface area contributed by atoms with Gasteiger partial charge >= 0.3 is 5.97 Å². The van der Waals surface area contributed by atoms with Gasteiger partial charge in [-0.2, -0.15) is 0 Å². The molecule has 5 heteroatoms. The van der Waals surface area contributed by atoms with Crippen molar-refractivity contribution >= 4 is 29.3 Å². The van der Waals surface area contributed by atoms with Gasteiger partial charge in [-0.05, 0) is 30.5 Å². The van der Waals surface area contributed by atoms with Gasteiger partial charge in [-0.15, -0.1) is 11.8 Å². The van der Waals surface area contributed by atoms with Crippen molar-refractivity contribution < 1.29 is 9.53 Å². The number of benzene rings is 1. The summed E-state index contributed by atoms with van der Waals surface area (Å²) < 4.78 is 4.64. The van der Waals surface area contributed by atoms with E-state index in [9.17, 15) is 4.79 Å². The summed E-state index contributed by atoms with van der Waals surface area (Å²) in [5, 5.41) is 4.23. The highest BCUT2D eigenvalue weighted by Crippen LogP contribution is 2.28. The third kappa shape index (κ3) is 5.05. The second-order valence-corrected chi connectivity index (χ2v) is 6.15. The van der Waals surface area contributed by atoms with Crippen molar-refractivity contribution in [2.24, 2.45) is 0 Å². The van der Waals surface area contributed by atoms with Crippen LogP contribution in [0.25, 0.3) is 0 Å². The summed E-state index contributed by atoms with van der Waals surface area (Å²) in [4.78, 5) is 12.2. The van der Waals surface area contributed by atoms with E-state index in [0.717, 1.165) is 16.5 Å². The van der Waals surface area contributed by atoms with E-state index in [1.165, 1.54) is 25.5 Å². The van der Waals surface area contributed by atoms with Crippen molar-refractivity contribution in [3.8, 4) is 0 Å². The molecule has 1 aromatic rings. The predicted octanol–water partition coefficient (Wildman–Crippen LogP) is 3.25. The van der Waals surface area contributed by atoms with Crippen LogP contribution in [0.15, 0.2) is 23.1 Å². The molecule has 0 heterocycles. The average Bonchev–Trinajstić information content (AvgIpc) is 3.21. The van der Waals surface area contributed by atoms with Crippen LogP contribution in [0.1, 0.15) is 24.8 Å².